The van der Waals surface area contributed by atoms with Crippen LogP contribution in [0.3, 0.4) is 0 Å². The summed E-state index contributed by atoms with van der Waals surface area (Å²) < 4.78 is 41.5. The number of benzene rings is 1. The van der Waals surface area contributed by atoms with E-state index in [2.05, 4.69) is 5.16 Å². The molecule has 0 saturated carbocycles. The molecule has 0 fully saturated rings. The molecule has 1 aliphatic rings. The molecule has 1 aromatic heterocycles. The van der Waals surface area contributed by atoms with Gasteiger partial charge in [-0.15, -0.1) is 0 Å². The Morgan fingerprint density at radius 2 is 1.95 bits per heavy atom. The minimum atomic E-state index is -2.62. The van der Waals surface area contributed by atoms with E-state index in [0.717, 1.165) is 0 Å². The van der Waals surface area contributed by atoms with Crippen molar-refractivity contribution in [3.63, 3.8) is 0 Å². The Hall–Kier alpha value is -2.31. The number of ether oxygens (including phenoxy) is 2. The van der Waals surface area contributed by atoms with Crippen molar-refractivity contribution in [2.45, 2.75) is 6.43 Å². The van der Waals surface area contributed by atoms with E-state index >= 15 is 0 Å². The smallest absolute Gasteiger partial charge is 0.264 e. The maximum Gasteiger partial charge on any atom is 0.264 e. The second-order valence-electron chi connectivity index (χ2n) is 4.01. The van der Waals surface area contributed by atoms with Crippen LogP contribution in [0.4, 0.5) is 14.6 Å². The van der Waals surface area contributed by atoms with Crippen LogP contribution in [0.5, 0.6) is 11.5 Å². The Balaban J connectivity index is 2.18. The first kappa shape index (κ1) is 11.8. The summed E-state index contributed by atoms with van der Waals surface area (Å²) in [5.41, 5.74) is 5.65. The molecule has 19 heavy (non-hydrogen) atoms. The van der Waals surface area contributed by atoms with Crippen molar-refractivity contribution >= 4 is 5.82 Å². The van der Waals surface area contributed by atoms with Gasteiger partial charge in [-0.1, -0.05) is 5.16 Å². The molecule has 0 unspecified atom stereocenters. The summed E-state index contributed by atoms with van der Waals surface area (Å²) in [7, 11) is 0. The number of nitrogen functional groups attached to an aromatic ring is 1. The number of nitrogens with two attached hydrogens (primary N) is 1. The van der Waals surface area contributed by atoms with Crippen LogP contribution in [0.15, 0.2) is 22.7 Å². The minimum absolute atomic E-state index is 0.169. The molecule has 2 aromatic rings. The van der Waals surface area contributed by atoms with Gasteiger partial charge in [-0.2, -0.15) is 0 Å². The number of rotatable bonds is 2. The molecule has 100 valence electrons. The van der Waals surface area contributed by atoms with Gasteiger partial charge in [0.15, 0.2) is 23.1 Å². The molecule has 1 aromatic carbocycles. The van der Waals surface area contributed by atoms with Gasteiger partial charge < -0.3 is 19.7 Å². The molecular weight excluding hydrogens is 258 g/mol. The average molecular weight is 268 g/mol. The van der Waals surface area contributed by atoms with Crippen LogP contribution in [0.2, 0.25) is 0 Å². The predicted octanol–water partition coefficient (Wildman–Crippen LogP) is 2.63. The van der Waals surface area contributed by atoms with Gasteiger partial charge in [0.2, 0.25) is 0 Å². The van der Waals surface area contributed by atoms with Crippen LogP contribution in [0.25, 0.3) is 11.3 Å². The molecule has 7 heteroatoms. The van der Waals surface area contributed by atoms with Gasteiger partial charge in [-0.25, -0.2) is 8.78 Å². The first-order chi connectivity index (χ1) is 9.15. The summed E-state index contributed by atoms with van der Waals surface area (Å²) in [6.45, 7) is 0.662. The molecule has 0 radical (unpaired) electrons. The number of alkyl halides is 2. The van der Waals surface area contributed by atoms with Crippen molar-refractivity contribution < 1.29 is 22.8 Å². The fourth-order valence-electron chi connectivity index (χ4n) is 1.90. The largest absolute Gasteiger partial charge is 0.486 e. The van der Waals surface area contributed by atoms with Crippen LogP contribution in [-0.4, -0.2) is 18.4 Å². The number of hydrogen-bond acceptors (Lipinski definition) is 5. The Labute approximate surface area is 106 Å². The summed E-state index contributed by atoms with van der Waals surface area (Å²) in [5, 5.41) is 3.54. The van der Waals surface area contributed by atoms with Crippen molar-refractivity contribution in [2.24, 2.45) is 0 Å². The Bertz CT molecular complexity index is 613. The second-order valence-corrected chi connectivity index (χ2v) is 4.01. The number of anilines is 1. The first-order valence-electron chi connectivity index (χ1n) is 5.59. The van der Waals surface area contributed by atoms with Crippen LogP contribution in [0.1, 0.15) is 12.0 Å². The highest BCUT2D eigenvalue weighted by atomic mass is 19.3. The predicted molar refractivity (Wildman–Crippen MR) is 62.3 cm³/mol. The van der Waals surface area contributed by atoms with Gasteiger partial charge in [0, 0.05) is 11.6 Å². The molecule has 3 rings (SSSR count). The maximum atomic E-state index is 12.9. The van der Waals surface area contributed by atoms with Crippen molar-refractivity contribution in [3.05, 3.63) is 23.8 Å². The Morgan fingerprint density at radius 1 is 1.16 bits per heavy atom. The quantitative estimate of drug-likeness (QED) is 0.906. The molecule has 2 heterocycles. The standard InChI is InChI=1S/C12H10F2N2O3/c13-12(14)6-3-7(8-5-10(15)16-19-8)11-9(4-6)17-1-2-18-11/h3-5,12H,1-2H2,(H2,15,16). The summed E-state index contributed by atoms with van der Waals surface area (Å²) in [5.74, 6) is 1.07. The van der Waals surface area contributed by atoms with E-state index in [1.807, 2.05) is 0 Å². The second kappa shape index (κ2) is 4.42. The highest BCUT2D eigenvalue weighted by Crippen LogP contribution is 2.43. The van der Waals surface area contributed by atoms with Crippen LogP contribution in [-0.2, 0) is 0 Å². The fraction of sp³-hybridized carbons (Fsp3) is 0.250. The third-order valence-electron chi connectivity index (χ3n) is 2.71. The summed E-state index contributed by atoms with van der Waals surface area (Å²) in [6, 6.07) is 4.00. The monoisotopic (exact) mass is 268 g/mol. The molecule has 1 aliphatic heterocycles. The van der Waals surface area contributed by atoms with Gasteiger partial charge in [0.1, 0.15) is 13.2 Å². The Morgan fingerprint density at radius 3 is 2.63 bits per heavy atom. The molecule has 0 bridgehead atoms. The molecule has 2 N–H and O–H groups in total. The summed E-state index contributed by atoms with van der Waals surface area (Å²) >= 11 is 0. The zero-order valence-corrected chi connectivity index (χ0v) is 9.73. The third kappa shape index (κ3) is 2.07. The van der Waals surface area contributed by atoms with E-state index in [4.69, 9.17) is 19.7 Å². The van der Waals surface area contributed by atoms with E-state index in [1.54, 1.807) is 0 Å². The highest BCUT2D eigenvalue weighted by Gasteiger charge is 2.23. The molecule has 0 atom stereocenters. The van der Waals surface area contributed by atoms with E-state index in [-0.39, 0.29) is 22.9 Å². The number of hydrogen-bond donors (Lipinski definition) is 1. The van der Waals surface area contributed by atoms with E-state index in [1.165, 1.54) is 18.2 Å². The topological polar surface area (TPSA) is 70.5 Å². The van der Waals surface area contributed by atoms with E-state index in [9.17, 15) is 8.78 Å². The molecule has 0 amide bonds. The van der Waals surface area contributed by atoms with Crippen molar-refractivity contribution in [1.82, 2.24) is 5.16 Å². The van der Waals surface area contributed by atoms with E-state index < -0.39 is 6.43 Å². The lowest BCUT2D eigenvalue weighted by Crippen LogP contribution is -2.16. The lowest BCUT2D eigenvalue weighted by Gasteiger charge is -2.21. The highest BCUT2D eigenvalue weighted by molar-refractivity contribution is 5.72. The van der Waals surface area contributed by atoms with Crippen LogP contribution >= 0.6 is 0 Å². The SMILES string of the molecule is Nc1cc(-c2cc(C(F)F)cc3c2OCCO3)on1. The molecule has 0 spiro atoms. The van der Waals surface area contributed by atoms with Crippen molar-refractivity contribution in [2.75, 3.05) is 18.9 Å². The number of nitrogens with zero attached hydrogens (tertiary/aromatic N) is 1. The lowest BCUT2D eigenvalue weighted by molar-refractivity contribution is 0.147. The number of fused-ring (bicyclic) bond motifs is 1. The average Bonchev–Trinajstić information content (AvgIpc) is 2.84. The van der Waals surface area contributed by atoms with E-state index in [0.29, 0.717) is 24.5 Å². The molecular formula is C12H10F2N2O3. The van der Waals surface area contributed by atoms with Crippen molar-refractivity contribution in [1.29, 1.82) is 0 Å². The summed E-state index contributed by atoms with van der Waals surface area (Å²) in [4.78, 5) is 0. The maximum absolute atomic E-state index is 12.9. The van der Waals surface area contributed by atoms with Gasteiger partial charge in [0.25, 0.3) is 6.43 Å². The third-order valence-corrected chi connectivity index (χ3v) is 2.71. The van der Waals surface area contributed by atoms with Gasteiger partial charge >= 0.3 is 0 Å². The number of aromatic nitrogens is 1. The van der Waals surface area contributed by atoms with Gasteiger partial charge in [-0.05, 0) is 12.1 Å². The molecule has 0 aliphatic carbocycles. The molecule has 0 saturated heterocycles. The van der Waals surface area contributed by atoms with Crippen LogP contribution in [0, 0.1) is 0 Å². The summed E-state index contributed by atoms with van der Waals surface area (Å²) in [6.07, 6.45) is -2.62. The fourth-order valence-corrected chi connectivity index (χ4v) is 1.90. The van der Waals surface area contributed by atoms with Gasteiger partial charge in [-0.3, -0.25) is 0 Å². The van der Waals surface area contributed by atoms with Crippen LogP contribution < -0.4 is 15.2 Å². The zero-order chi connectivity index (χ0) is 13.4. The van der Waals surface area contributed by atoms with Crippen molar-refractivity contribution in [3.8, 4) is 22.8 Å². The van der Waals surface area contributed by atoms with Gasteiger partial charge in [0.05, 0.1) is 5.56 Å². The minimum Gasteiger partial charge on any atom is -0.486 e. The lowest BCUT2D eigenvalue weighted by atomic mass is 10.1. The number of halogens is 2. The first-order valence-corrected chi connectivity index (χ1v) is 5.59. The normalized spacial score (nSPS) is 13.8. The Kier molecular flexibility index (Phi) is 2.73. The molecule has 5 nitrogen and oxygen atoms in total. The zero-order valence-electron chi connectivity index (χ0n) is 9.73.